The SMILES string of the molecule is CC1CN(C(=O)c2cc(N)ncc2[N+](=O)[O-])CCO1. The first kappa shape index (κ1) is 13.2. The zero-order valence-electron chi connectivity index (χ0n) is 10.4. The average molecular weight is 266 g/mol. The molecular formula is C11H14N4O4. The normalized spacial score (nSPS) is 19.2. The molecule has 2 rings (SSSR count). The molecule has 1 aliphatic heterocycles. The van der Waals surface area contributed by atoms with E-state index in [-0.39, 0.29) is 23.2 Å². The molecule has 1 fully saturated rings. The number of pyridine rings is 1. The van der Waals surface area contributed by atoms with Gasteiger partial charge in [0.2, 0.25) is 0 Å². The van der Waals surface area contributed by atoms with Gasteiger partial charge in [-0.3, -0.25) is 14.9 Å². The van der Waals surface area contributed by atoms with Crippen LogP contribution in [0.4, 0.5) is 11.5 Å². The standard InChI is InChI=1S/C11H14N4O4/c1-7-6-14(2-3-19-7)11(16)8-4-10(12)13-5-9(8)15(17)18/h4-5,7H,2-3,6H2,1H3,(H2,12,13). The first-order chi connectivity index (χ1) is 8.99. The van der Waals surface area contributed by atoms with Crippen LogP contribution in [-0.4, -0.2) is 46.5 Å². The fourth-order valence-electron chi connectivity index (χ4n) is 1.95. The maximum absolute atomic E-state index is 12.3. The summed E-state index contributed by atoms with van der Waals surface area (Å²) in [4.78, 5) is 27.8. The molecule has 1 aromatic heterocycles. The summed E-state index contributed by atoms with van der Waals surface area (Å²) in [6, 6.07) is 1.24. The summed E-state index contributed by atoms with van der Waals surface area (Å²) in [6.07, 6.45) is 0.919. The zero-order valence-corrected chi connectivity index (χ0v) is 10.4. The molecule has 1 aromatic rings. The van der Waals surface area contributed by atoms with Crippen molar-refractivity contribution in [2.75, 3.05) is 25.4 Å². The van der Waals surface area contributed by atoms with Gasteiger partial charge in [-0.25, -0.2) is 4.98 Å². The van der Waals surface area contributed by atoms with Crippen LogP contribution in [0.1, 0.15) is 17.3 Å². The minimum absolute atomic E-state index is 0.0356. The van der Waals surface area contributed by atoms with Crippen molar-refractivity contribution >= 4 is 17.4 Å². The van der Waals surface area contributed by atoms with Crippen molar-refractivity contribution in [3.8, 4) is 0 Å². The molecule has 19 heavy (non-hydrogen) atoms. The predicted molar refractivity (Wildman–Crippen MR) is 66.6 cm³/mol. The van der Waals surface area contributed by atoms with Crippen LogP contribution in [0.2, 0.25) is 0 Å². The van der Waals surface area contributed by atoms with Crippen LogP contribution < -0.4 is 5.73 Å². The lowest BCUT2D eigenvalue weighted by molar-refractivity contribution is -0.385. The summed E-state index contributed by atoms with van der Waals surface area (Å²) < 4.78 is 5.33. The molecule has 0 aliphatic carbocycles. The highest BCUT2D eigenvalue weighted by molar-refractivity contribution is 5.98. The van der Waals surface area contributed by atoms with Crippen molar-refractivity contribution < 1.29 is 14.5 Å². The molecule has 1 aliphatic rings. The van der Waals surface area contributed by atoms with Gasteiger partial charge in [-0.05, 0) is 13.0 Å². The molecule has 8 nitrogen and oxygen atoms in total. The fraction of sp³-hybridized carbons (Fsp3) is 0.455. The molecule has 102 valence electrons. The number of nitro groups is 1. The molecule has 1 unspecified atom stereocenters. The summed E-state index contributed by atoms with van der Waals surface area (Å²) in [5.41, 5.74) is 5.12. The highest BCUT2D eigenvalue weighted by Crippen LogP contribution is 2.21. The molecule has 2 N–H and O–H groups in total. The maximum Gasteiger partial charge on any atom is 0.300 e. The van der Waals surface area contributed by atoms with E-state index >= 15 is 0 Å². The van der Waals surface area contributed by atoms with E-state index in [0.29, 0.717) is 19.7 Å². The van der Waals surface area contributed by atoms with Crippen LogP contribution in [0, 0.1) is 10.1 Å². The molecule has 0 aromatic carbocycles. The average Bonchev–Trinajstić information content (AvgIpc) is 2.37. The number of aromatic nitrogens is 1. The van der Waals surface area contributed by atoms with Crippen LogP contribution >= 0.6 is 0 Å². The Morgan fingerprint density at radius 2 is 2.42 bits per heavy atom. The van der Waals surface area contributed by atoms with Crippen molar-refractivity contribution in [1.29, 1.82) is 0 Å². The molecule has 1 saturated heterocycles. The van der Waals surface area contributed by atoms with Gasteiger partial charge in [0.25, 0.3) is 11.6 Å². The molecule has 0 bridgehead atoms. The van der Waals surface area contributed by atoms with Gasteiger partial charge in [-0.1, -0.05) is 0 Å². The molecule has 0 radical (unpaired) electrons. The van der Waals surface area contributed by atoms with E-state index in [1.165, 1.54) is 11.0 Å². The summed E-state index contributed by atoms with van der Waals surface area (Å²) in [6.45, 7) is 3.07. The highest BCUT2D eigenvalue weighted by atomic mass is 16.6. The van der Waals surface area contributed by atoms with Crippen LogP contribution in [0.25, 0.3) is 0 Å². The highest BCUT2D eigenvalue weighted by Gasteiger charge is 2.28. The Hall–Kier alpha value is -2.22. The Morgan fingerprint density at radius 3 is 3.05 bits per heavy atom. The van der Waals surface area contributed by atoms with Gasteiger partial charge in [0.05, 0.1) is 17.6 Å². The largest absolute Gasteiger partial charge is 0.384 e. The number of morpholine rings is 1. The number of carbonyl (C=O) groups excluding carboxylic acids is 1. The van der Waals surface area contributed by atoms with E-state index in [9.17, 15) is 14.9 Å². The number of carbonyl (C=O) groups is 1. The van der Waals surface area contributed by atoms with Crippen LogP contribution in [-0.2, 0) is 4.74 Å². The van der Waals surface area contributed by atoms with Gasteiger partial charge in [-0.15, -0.1) is 0 Å². The van der Waals surface area contributed by atoms with Crippen molar-refractivity contribution in [3.05, 3.63) is 27.9 Å². The second-order valence-electron chi connectivity index (χ2n) is 4.32. The van der Waals surface area contributed by atoms with Gasteiger partial charge in [0.1, 0.15) is 17.6 Å². The minimum atomic E-state index is -0.635. The number of hydrogen-bond donors (Lipinski definition) is 1. The van der Waals surface area contributed by atoms with Gasteiger partial charge < -0.3 is 15.4 Å². The number of nitrogens with zero attached hydrogens (tertiary/aromatic N) is 3. The Bertz CT molecular complexity index is 519. The quantitative estimate of drug-likeness (QED) is 0.613. The Kier molecular flexibility index (Phi) is 3.61. The number of amides is 1. The number of anilines is 1. The van der Waals surface area contributed by atoms with Crippen LogP contribution in [0.5, 0.6) is 0 Å². The first-order valence-electron chi connectivity index (χ1n) is 5.80. The Labute approximate surface area is 109 Å². The third-order valence-corrected chi connectivity index (χ3v) is 2.86. The van der Waals surface area contributed by atoms with E-state index in [0.717, 1.165) is 6.20 Å². The lowest BCUT2D eigenvalue weighted by atomic mass is 10.1. The summed E-state index contributed by atoms with van der Waals surface area (Å²) in [7, 11) is 0. The molecular weight excluding hydrogens is 252 g/mol. The lowest BCUT2D eigenvalue weighted by Crippen LogP contribution is -2.44. The maximum atomic E-state index is 12.3. The molecule has 1 atom stereocenters. The van der Waals surface area contributed by atoms with Crippen molar-refractivity contribution in [2.45, 2.75) is 13.0 Å². The van der Waals surface area contributed by atoms with E-state index in [1.807, 2.05) is 6.92 Å². The molecule has 0 saturated carbocycles. The fourth-order valence-corrected chi connectivity index (χ4v) is 1.95. The van der Waals surface area contributed by atoms with Gasteiger partial charge in [-0.2, -0.15) is 0 Å². The first-order valence-corrected chi connectivity index (χ1v) is 5.80. The van der Waals surface area contributed by atoms with Crippen LogP contribution in [0.15, 0.2) is 12.3 Å². The van der Waals surface area contributed by atoms with Crippen molar-refractivity contribution in [1.82, 2.24) is 9.88 Å². The van der Waals surface area contributed by atoms with E-state index in [4.69, 9.17) is 10.5 Å². The number of nitrogen functional groups attached to an aromatic ring is 1. The van der Waals surface area contributed by atoms with Gasteiger partial charge >= 0.3 is 0 Å². The van der Waals surface area contributed by atoms with E-state index in [2.05, 4.69) is 4.98 Å². The Morgan fingerprint density at radius 1 is 1.68 bits per heavy atom. The van der Waals surface area contributed by atoms with Gasteiger partial charge in [0.15, 0.2) is 0 Å². The predicted octanol–water partition coefficient (Wildman–Crippen LogP) is 0.433. The smallest absolute Gasteiger partial charge is 0.300 e. The summed E-state index contributed by atoms with van der Waals surface area (Å²) in [5, 5.41) is 10.9. The monoisotopic (exact) mass is 266 g/mol. The third-order valence-electron chi connectivity index (χ3n) is 2.86. The van der Waals surface area contributed by atoms with Crippen molar-refractivity contribution in [3.63, 3.8) is 0 Å². The second-order valence-corrected chi connectivity index (χ2v) is 4.32. The molecule has 0 spiro atoms. The lowest BCUT2D eigenvalue weighted by Gasteiger charge is -2.31. The molecule has 1 amide bonds. The summed E-state index contributed by atoms with van der Waals surface area (Å²) >= 11 is 0. The minimum Gasteiger partial charge on any atom is -0.384 e. The van der Waals surface area contributed by atoms with E-state index in [1.54, 1.807) is 0 Å². The van der Waals surface area contributed by atoms with E-state index < -0.39 is 10.8 Å². The molecule has 2 heterocycles. The topological polar surface area (TPSA) is 112 Å². The van der Waals surface area contributed by atoms with Crippen LogP contribution in [0.3, 0.4) is 0 Å². The number of rotatable bonds is 2. The van der Waals surface area contributed by atoms with Gasteiger partial charge in [0, 0.05) is 13.1 Å². The number of nitrogens with two attached hydrogens (primary N) is 1. The molecule has 8 heteroatoms. The number of ether oxygens (including phenoxy) is 1. The van der Waals surface area contributed by atoms with Crippen molar-refractivity contribution in [2.24, 2.45) is 0 Å². The second kappa shape index (κ2) is 5.19. The number of hydrogen-bond acceptors (Lipinski definition) is 6. The summed E-state index contributed by atoms with van der Waals surface area (Å²) in [5.74, 6) is -0.341. The Balaban J connectivity index is 2.32. The zero-order chi connectivity index (χ0) is 14.0. The third kappa shape index (κ3) is 2.79.